The molecule has 2 nitrogen and oxygen atoms in total. The molecule has 2 heteroatoms. The van der Waals surface area contributed by atoms with Gasteiger partial charge < -0.3 is 10.2 Å². The zero-order valence-corrected chi connectivity index (χ0v) is 11.4. The molecule has 0 aromatic heterocycles. The molecule has 3 rings (SSSR count). The van der Waals surface area contributed by atoms with E-state index < -0.39 is 0 Å². The summed E-state index contributed by atoms with van der Waals surface area (Å²) >= 11 is 0. The Balaban J connectivity index is 1.56. The van der Waals surface area contributed by atoms with Crippen LogP contribution in [0, 0.1) is 5.92 Å². The lowest BCUT2D eigenvalue weighted by Gasteiger charge is -2.33. The van der Waals surface area contributed by atoms with Crippen molar-refractivity contribution in [3.05, 3.63) is 29.8 Å². The fraction of sp³-hybridized carbons (Fsp3) is 0.625. The molecule has 2 aliphatic rings. The number of nitrogens with one attached hydrogen (secondary N) is 1. The minimum atomic E-state index is 0.623. The number of nitrogens with zero attached hydrogens (tertiary/aromatic N) is 1. The molecule has 1 fully saturated rings. The largest absolute Gasteiger partial charge is 0.380 e. The molecule has 1 aromatic rings. The van der Waals surface area contributed by atoms with Gasteiger partial charge in [-0.1, -0.05) is 31.5 Å². The fourth-order valence-electron chi connectivity index (χ4n) is 3.45. The number of hydrogen-bond acceptors (Lipinski definition) is 2. The van der Waals surface area contributed by atoms with Crippen molar-refractivity contribution in [2.45, 2.75) is 38.6 Å². The van der Waals surface area contributed by atoms with Gasteiger partial charge in [-0.15, -0.1) is 0 Å². The molecular weight excluding hydrogens is 220 g/mol. The summed E-state index contributed by atoms with van der Waals surface area (Å²) in [5.41, 5.74) is 2.85. The molecular formula is C16H24N2. The van der Waals surface area contributed by atoms with Crippen LogP contribution in [0.1, 0.15) is 31.7 Å². The van der Waals surface area contributed by atoms with Crippen molar-refractivity contribution >= 4 is 5.69 Å². The molecule has 0 spiro atoms. The monoisotopic (exact) mass is 244 g/mol. The summed E-state index contributed by atoms with van der Waals surface area (Å²) in [6.07, 6.45) is 5.36. The number of fused-ring (bicyclic) bond motifs is 1. The van der Waals surface area contributed by atoms with Crippen LogP contribution in [0.15, 0.2) is 24.3 Å². The van der Waals surface area contributed by atoms with E-state index in [9.17, 15) is 0 Å². The first-order chi connectivity index (χ1) is 8.85. The number of para-hydroxylation sites is 1. The average molecular weight is 244 g/mol. The van der Waals surface area contributed by atoms with Crippen molar-refractivity contribution in [1.82, 2.24) is 4.90 Å². The summed E-state index contributed by atoms with van der Waals surface area (Å²) in [7, 11) is 0. The summed E-state index contributed by atoms with van der Waals surface area (Å²) in [4.78, 5) is 2.67. The van der Waals surface area contributed by atoms with Gasteiger partial charge in [-0.05, 0) is 43.4 Å². The third-order valence-electron chi connectivity index (χ3n) is 4.50. The Morgan fingerprint density at radius 2 is 2.22 bits per heavy atom. The van der Waals surface area contributed by atoms with E-state index in [2.05, 4.69) is 41.4 Å². The molecule has 2 aliphatic heterocycles. The maximum atomic E-state index is 3.67. The van der Waals surface area contributed by atoms with Gasteiger partial charge in [0, 0.05) is 24.8 Å². The molecule has 2 heterocycles. The molecule has 0 saturated carbocycles. The Labute approximate surface area is 110 Å². The second-order valence-corrected chi connectivity index (χ2v) is 5.88. The van der Waals surface area contributed by atoms with Gasteiger partial charge in [-0.2, -0.15) is 0 Å². The standard InChI is InChI=1S/C16H24N2/c1-2-13-6-5-9-18(11-13)12-15-10-14-7-3-4-8-16(14)17-15/h3-4,7-8,13,15,17H,2,5-6,9-12H2,1H3. The summed E-state index contributed by atoms with van der Waals surface area (Å²) in [5.74, 6) is 0.933. The van der Waals surface area contributed by atoms with E-state index in [4.69, 9.17) is 0 Å². The molecule has 1 N–H and O–H groups in total. The van der Waals surface area contributed by atoms with Crippen molar-refractivity contribution in [3.8, 4) is 0 Å². The van der Waals surface area contributed by atoms with Crippen LogP contribution in [0.3, 0.4) is 0 Å². The van der Waals surface area contributed by atoms with Gasteiger partial charge in [0.2, 0.25) is 0 Å². The van der Waals surface area contributed by atoms with Crippen LogP contribution < -0.4 is 5.32 Å². The maximum Gasteiger partial charge on any atom is 0.0429 e. The Morgan fingerprint density at radius 3 is 3.06 bits per heavy atom. The molecule has 0 amide bonds. The molecule has 2 unspecified atom stereocenters. The third kappa shape index (κ3) is 2.54. The van der Waals surface area contributed by atoms with Gasteiger partial charge in [0.05, 0.1) is 0 Å². The van der Waals surface area contributed by atoms with Gasteiger partial charge in [-0.3, -0.25) is 0 Å². The third-order valence-corrected chi connectivity index (χ3v) is 4.50. The van der Waals surface area contributed by atoms with Crippen LogP contribution in [-0.4, -0.2) is 30.6 Å². The normalized spacial score (nSPS) is 27.8. The van der Waals surface area contributed by atoms with Crippen molar-refractivity contribution in [2.24, 2.45) is 5.92 Å². The average Bonchev–Trinajstić information content (AvgIpc) is 2.81. The molecule has 0 radical (unpaired) electrons. The zero-order valence-electron chi connectivity index (χ0n) is 11.4. The summed E-state index contributed by atoms with van der Waals surface area (Å²) < 4.78 is 0. The lowest BCUT2D eigenvalue weighted by molar-refractivity contribution is 0.166. The van der Waals surface area contributed by atoms with E-state index in [-0.39, 0.29) is 0 Å². The number of rotatable bonds is 3. The number of hydrogen-bond donors (Lipinski definition) is 1. The highest BCUT2D eigenvalue weighted by Crippen LogP contribution is 2.27. The summed E-state index contributed by atoms with van der Waals surface area (Å²) in [6.45, 7) is 6.15. The molecule has 18 heavy (non-hydrogen) atoms. The van der Waals surface area contributed by atoms with Crippen LogP contribution in [-0.2, 0) is 6.42 Å². The van der Waals surface area contributed by atoms with Crippen molar-refractivity contribution in [1.29, 1.82) is 0 Å². The Morgan fingerprint density at radius 1 is 1.33 bits per heavy atom. The van der Waals surface area contributed by atoms with Crippen LogP contribution >= 0.6 is 0 Å². The predicted molar refractivity (Wildman–Crippen MR) is 77.0 cm³/mol. The SMILES string of the molecule is CCC1CCCN(CC2Cc3ccccc3N2)C1. The predicted octanol–water partition coefficient (Wildman–Crippen LogP) is 3.15. The maximum absolute atomic E-state index is 3.67. The van der Waals surface area contributed by atoms with Gasteiger partial charge >= 0.3 is 0 Å². The topological polar surface area (TPSA) is 15.3 Å². The summed E-state index contributed by atoms with van der Waals surface area (Å²) in [5, 5.41) is 3.67. The molecule has 1 saturated heterocycles. The molecule has 0 bridgehead atoms. The van der Waals surface area contributed by atoms with E-state index >= 15 is 0 Å². The van der Waals surface area contributed by atoms with Gasteiger partial charge in [-0.25, -0.2) is 0 Å². The number of benzene rings is 1. The highest BCUT2D eigenvalue weighted by molar-refractivity contribution is 5.56. The highest BCUT2D eigenvalue weighted by Gasteiger charge is 2.25. The van der Waals surface area contributed by atoms with E-state index in [1.54, 1.807) is 0 Å². The van der Waals surface area contributed by atoms with E-state index in [0.29, 0.717) is 6.04 Å². The zero-order chi connectivity index (χ0) is 12.4. The van der Waals surface area contributed by atoms with E-state index in [1.165, 1.54) is 56.6 Å². The van der Waals surface area contributed by atoms with Gasteiger partial charge in [0.15, 0.2) is 0 Å². The Kier molecular flexibility index (Phi) is 3.55. The minimum Gasteiger partial charge on any atom is -0.380 e. The van der Waals surface area contributed by atoms with Crippen LogP contribution in [0.5, 0.6) is 0 Å². The quantitative estimate of drug-likeness (QED) is 0.878. The lowest BCUT2D eigenvalue weighted by Crippen LogP contribution is -2.41. The van der Waals surface area contributed by atoms with Crippen LogP contribution in [0.2, 0.25) is 0 Å². The van der Waals surface area contributed by atoms with Crippen molar-refractivity contribution in [2.75, 3.05) is 25.0 Å². The van der Waals surface area contributed by atoms with Gasteiger partial charge in [0.25, 0.3) is 0 Å². The smallest absolute Gasteiger partial charge is 0.0429 e. The van der Waals surface area contributed by atoms with E-state index in [0.717, 1.165) is 5.92 Å². The first-order valence-corrected chi connectivity index (χ1v) is 7.42. The van der Waals surface area contributed by atoms with Crippen LogP contribution in [0.4, 0.5) is 5.69 Å². The molecule has 1 aromatic carbocycles. The first-order valence-electron chi connectivity index (χ1n) is 7.42. The molecule has 98 valence electrons. The fourth-order valence-corrected chi connectivity index (χ4v) is 3.45. The van der Waals surface area contributed by atoms with Crippen molar-refractivity contribution in [3.63, 3.8) is 0 Å². The van der Waals surface area contributed by atoms with Crippen molar-refractivity contribution < 1.29 is 0 Å². The minimum absolute atomic E-state index is 0.623. The van der Waals surface area contributed by atoms with Crippen LogP contribution in [0.25, 0.3) is 0 Å². The second-order valence-electron chi connectivity index (χ2n) is 5.88. The van der Waals surface area contributed by atoms with Gasteiger partial charge in [0.1, 0.15) is 0 Å². The number of piperidine rings is 1. The Bertz CT molecular complexity index is 377. The number of anilines is 1. The summed E-state index contributed by atoms with van der Waals surface area (Å²) in [6, 6.07) is 9.37. The molecule has 0 aliphatic carbocycles. The Hall–Kier alpha value is -1.02. The highest BCUT2D eigenvalue weighted by atomic mass is 15.2. The second kappa shape index (κ2) is 5.31. The lowest BCUT2D eigenvalue weighted by atomic mass is 9.95. The first kappa shape index (κ1) is 12.0. The number of likely N-dealkylation sites (tertiary alicyclic amines) is 1. The van der Waals surface area contributed by atoms with E-state index in [1.807, 2.05) is 0 Å². The molecule has 2 atom stereocenters.